The second-order valence-electron chi connectivity index (χ2n) is 8.66. The van der Waals surface area contributed by atoms with Crippen LogP contribution in [0.3, 0.4) is 0 Å². The summed E-state index contributed by atoms with van der Waals surface area (Å²) in [5.74, 6) is 0.944. The van der Waals surface area contributed by atoms with E-state index in [9.17, 15) is 9.59 Å². The van der Waals surface area contributed by atoms with Crippen LogP contribution in [0, 0.1) is 0 Å². The normalized spacial score (nSPS) is 17.2. The molecule has 3 amide bonds. The maximum absolute atomic E-state index is 12.7. The van der Waals surface area contributed by atoms with E-state index < -0.39 is 0 Å². The summed E-state index contributed by atoms with van der Waals surface area (Å²) in [5, 5.41) is 5.91. The third kappa shape index (κ3) is 5.79. The number of amides is 3. The molecule has 0 aromatic carbocycles. The lowest BCUT2D eigenvalue weighted by Crippen LogP contribution is -2.44. The predicted octanol–water partition coefficient (Wildman–Crippen LogP) is 4.79. The third-order valence-electron chi connectivity index (χ3n) is 6.30. The Morgan fingerprint density at radius 3 is 2.88 bits per heavy atom. The number of furan rings is 1. The zero-order valence-electron chi connectivity index (χ0n) is 18.7. The highest BCUT2D eigenvalue weighted by molar-refractivity contribution is 7.09. The van der Waals surface area contributed by atoms with Crippen molar-refractivity contribution in [1.29, 1.82) is 0 Å². The first-order valence-corrected chi connectivity index (χ1v) is 12.4. The number of hydrogen-bond acceptors (Lipinski definition) is 5. The number of allylic oxidation sites excluding steroid dienone is 1. The van der Waals surface area contributed by atoms with Crippen molar-refractivity contribution in [3.63, 3.8) is 0 Å². The Hall–Kier alpha value is -2.61. The van der Waals surface area contributed by atoms with Crippen molar-refractivity contribution in [2.45, 2.75) is 57.4 Å². The van der Waals surface area contributed by atoms with E-state index in [1.54, 1.807) is 29.5 Å². The zero-order chi connectivity index (χ0) is 22.3. The van der Waals surface area contributed by atoms with Crippen LogP contribution in [0.1, 0.15) is 72.1 Å². The fourth-order valence-electron chi connectivity index (χ4n) is 4.38. The Labute approximate surface area is 193 Å². The highest BCUT2D eigenvalue weighted by Gasteiger charge is 2.27. The van der Waals surface area contributed by atoms with Crippen molar-refractivity contribution in [2.24, 2.45) is 0 Å². The Kier molecular flexibility index (Phi) is 7.63. The number of hydrogen-bond donors (Lipinski definition) is 1. The van der Waals surface area contributed by atoms with Gasteiger partial charge in [-0.1, -0.05) is 11.6 Å². The molecule has 1 aliphatic carbocycles. The molecule has 0 bridgehead atoms. The maximum Gasteiger partial charge on any atom is 0.317 e. The van der Waals surface area contributed by atoms with Gasteiger partial charge in [0, 0.05) is 38.0 Å². The summed E-state index contributed by atoms with van der Waals surface area (Å²) in [6.07, 6.45) is 11.6. The monoisotopic (exact) mass is 456 g/mol. The van der Waals surface area contributed by atoms with Gasteiger partial charge in [-0.2, -0.15) is 0 Å². The molecule has 8 heteroatoms. The standard InChI is InChI=1S/C24H32N4O3S/c1-27(16-20-8-5-15-31-20)23(29)21-17-32-22(26-21)19-10-13-28(14-11-19)24(30)25-12-9-18-6-3-2-4-7-18/h5-6,8,15,17,19H,2-4,7,9-14,16H2,1H3,(H,25,30). The number of nitrogens with one attached hydrogen (secondary N) is 1. The minimum atomic E-state index is -0.103. The van der Waals surface area contributed by atoms with Gasteiger partial charge in [0.1, 0.15) is 11.5 Å². The Balaban J connectivity index is 1.22. The summed E-state index contributed by atoms with van der Waals surface area (Å²) in [4.78, 5) is 33.3. The summed E-state index contributed by atoms with van der Waals surface area (Å²) in [5.41, 5.74) is 1.97. The highest BCUT2D eigenvalue weighted by atomic mass is 32.1. The highest BCUT2D eigenvalue weighted by Crippen LogP contribution is 2.30. The molecule has 2 aromatic heterocycles. The molecule has 2 aromatic rings. The fraction of sp³-hybridized carbons (Fsp3) is 0.542. The van der Waals surface area contributed by atoms with Crippen molar-refractivity contribution < 1.29 is 14.0 Å². The first-order valence-electron chi connectivity index (χ1n) is 11.5. The van der Waals surface area contributed by atoms with Crippen molar-refractivity contribution in [3.8, 4) is 0 Å². The zero-order valence-corrected chi connectivity index (χ0v) is 19.5. The van der Waals surface area contributed by atoms with Crippen LogP contribution in [-0.2, 0) is 6.54 Å². The number of likely N-dealkylation sites (tertiary alicyclic amines) is 1. The third-order valence-corrected chi connectivity index (χ3v) is 7.31. The summed E-state index contributed by atoms with van der Waals surface area (Å²) in [7, 11) is 1.76. The van der Waals surface area contributed by atoms with E-state index in [1.165, 1.54) is 31.3 Å². The quantitative estimate of drug-likeness (QED) is 0.608. The van der Waals surface area contributed by atoms with Gasteiger partial charge in [-0.3, -0.25) is 4.79 Å². The van der Waals surface area contributed by atoms with E-state index in [0.717, 1.165) is 43.1 Å². The molecule has 32 heavy (non-hydrogen) atoms. The molecule has 4 rings (SSSR count). The minimum Gasteiger partial charge on any atom is -0.467 e. The van der Waals surface area contributed by atoms with Gasteiger partial charge < -0.3 is 19.5 Å². The van der Waals surface area contributed by atoms with Gasteiger partial charge in [-0.25, -0.2) is 9.78 Å². The molecule has 7 nitrogen and oxygen atoms in total. The van der Waals surface area contributed by atoms with Gasteiger partial charge in [-0.15, -0.1) is 11.3 Å². The molecule has 0 spiro atoms. The number of aromatic nitrogens is 1. The number of urea groups is 1. The lowest BCUT2D eigenvalue weighted by molar-refractivity contribution is 0.0770. The van der Waals surface area contributed by atoms with Crippen molar-refractivity contribution in [3.05, 3.63) is 51.9 Å². The van der Waals surface area contributed by atoms with E-state index in [2.05, 4.69) is 16.4 Å². The Morgan fingerprint density at radius 2 is 2.16 bits per heavy atom. The summed E-state index contributed by atoms with van der Waals surface area (Å²) in [6.45, 7) is 2.58. The molecule has 1 aliphatic heterocycles. The van der Waals surface area contributed by atoms with Crippen LogP contribution in [0.25, 0.3) is 0 Å². The van der Waals surface area contributed by atoms with Gasteiger partial charge in [0.05, 0.1) is 17.8 Å². The van der Waals surface area contributed by atoms with E-state index >= 15 is 0 Å². The van der Waals surface area contributed by atoms with E-state index in [-0.39, 0.29) is 11.9 Å². The van der Waals surface area contributed by atoms with Gasteiger partial charge in [0.15, 0.2) is 0 Å². The van der Waals surface area contributed by atoms with E-state index in [0.29, 0.717) is 24.7 Å². The van der Waals surface area contributed by atoms with Crippen molar-refractivity contribution in [2.75, 3.05) is 26.7 Å². The van der Waals surface area contributed by atoms with Crippen LogP contribution in [0.15, 0.2) is 39.8 Å². The molecular formula is C24H32N4O3S. The minimum absolute atomic E-state index is 0.0365. The molecule has 0 saturated carbocycles. The lowest BCUT2D eigenvalue weighted by Gasteiger charge is -2.31. The molecule has 1 fully saturated rings. The molecule has 0 radical (unpaired) electrons. The van der Waals surface area contributed by atoms with Crippen LogP contribution in [-0.4, -0.2) is 53.4 Å². The first-order chi connectivity index (χ1) is 15.6. The Bertz CT molecular complexity index is 929. The fourth-order valence-corrected chi connectivity index (χ4v) is 5.35. The largest absolute Gasteiger partial charge is 0.467 e. The molecule has 2 aliphatic rings. The van der Waals surface area contributed by atoms with Crippen LogP contribution in [0.4, 0.5) is 4.79 Å². The van der Waals surface area contributed by atoms with Gasteiger partial charge >= 0.3 is 6.03 Å². The number of carbonyl (C=O) groups is 2. The van der Waals surface area contributed by atoms with Crippen LogP contribution >= 0.6 is 11.3 Å². The molecule has 172 valence electrons. The average molecular weight is 457 g/mol. The predicted molar refractivity (Wildman–Crippen MR) is 125 cm³/mol. The number of rotatable bonds is 7. The summed E-state index contributed by atoms with van der Waals surface area (Å²) >= 11 is 1.54. The van der Waals surface area contributed by atoms with Gasteiger partial charge in [0.25, 0.3) is 5.91 Å². The van der Waals surface area contributed by atoms with Gasteiger partial charge in [-0.05, 0) is 57.1 Å². The molecule has 3 heterocycles. The summed E-state index contributed by atoms with van der Waals surface area (Å²) < 4.78 is 5.32. The van der Waals surface area contributed by atoms with Gasteiger partial charge in [0.2, 0.25) is 0 Å². The molecule has 1 saturated heterocycles. The van der Waals surface area contributed by atoms with E-state index in [4.69, 9.17) is 4.42 Å². The summed E-state index contributed by atoms with van der Waals surface area (Å²) in [6, 6.07) is 3.71. The number of carbonyl (C=O) groups excluding carboxylic acids is 2. The average Bonchev–Trinajstić information content (AvgIpc) is 3.52. The van der Waals surface area contributed by atoms with Crippen LogP contribution in [0.2, 0.25) is 0 Å². The molecule has 0 unspecified atom stereocenters. The number of nitrogens with zero attached hydrogens (tertiary/aromatic N) is 3. The van der Waals surface area contributed by atoms with Crippen molar-refractivity contribution >= 4 is 23.3 Å². The number of thiazole rings is 1. The van der Waals surface area contributed by atoms with E-state index in [1.807, 2.05) is 22.4 Å². The maximum atomic E-state index is 12.7. The molecular weight excluding hydrogens is 424 g/mol. The Morgan fingerprint density at radius 1 is 1.31 bits per heavy atom. The number of piperidine rings is 1. The second-order valence-corrected chi connectivity index (χ2v) is 9.55. The van der Waals surface area contributed by atoms with Crippen LogP contribution < -0.4 is 5.32 Å². The van der Waals surface area contributed by atoms with Crippen LogP contribution in [0.5, 0.6) is 0 Å². The van der Waals surface area contributed by atoms with Crippen molar-refractivity contribution in [1.82, 2.24) is 20.1 Å². The molecule has 0 atom stereocenters. The SMILES string of the molecule is CN(Cc1ccco1)C(=O)c1csc(C2CCN(C(=O)NCCC3=CCCCC3)CC2)n1. The first kappa shape index (κ1) is 22.6. The molecule has 1 N–H and O–H groups in total. The topological polar surface area (TPSA) is 78.7 Å². The second kappa shape index (κ2) is 10.8. The lowest BCUT2D eigenvalue weighted by atomic mass is 9.97. The smallest absolute Gasteiger partial charge is 0.317 e.